The molecule has 44 heavy (non-hydrogen) atoms. The Hall–Kier alpha value is -2.76. The fraction of sp³-hybridized carbons (Fsp3) is 0.684. The lowest BCUT2D eigenvalue weighted by Crippen LogP contribution is -2.32. The third-order valence-corrected chi connectivity index (χ3v) is 8.45. The van der Waals surface area contributed by atoms with Crippen LogP contribution in [-0.2, 0) is 22.7 Å². The average molecular weight is 609 g/mol. The van der Waals surface area contributed by atoms with Crippen molar-refractivity contribution < 1.29 is 18.7 Å². The van der Waals surface area contributed by atoms with E-state index in [1.54, 1.807) is 0 Å². The van der Waals surface area contributed by atoms with Crippen LogP contribution in [-0.4, -0.2) is 11.8 Å². The van der Waals surface area contributed by atoms with Gasteiger partial charge < -0.3 is 10.6 Å². The summed E-state index contributed by atoms with van der Waals surface area (Å²) in [5.41, 5.74) is 1.72. The van der Waals surface area contributed by atoms with Gasteiger partial charge in [0.15, 0.2) is 24.8 Å². The van der Waals surface area contributed by atoms with Crippen LogP contribution in [0.25, 0.3) is 0 Å². The Bertz CT molecular complexity index is 909. The molecule has 0 unspecified atom stereocenters. The monoisotopic (exact) mass is 609 g/mol. The van der Waals surface area contributed by atoms with Crippen molar-refractivity contribution in [2.45, 2.75) is 168 Å². The van der Waals surface area contributed by atoms with Crippen molar-refractivity contribution in [2.75, 3.05) is 10.6 Å². The first-order valence-corrected chi connectivity index (χ1v) is 18.2. The molecule has 0 aromatic carbocycles. The number of nitrogens with zero attached hydrogens (tertiary/aromatic N) is 2. The molecule has 0 bridgehead atoms. The van der Waals surface area contributed by atoms with E-state index in [9.17, 15) is 9.59 Å². The Morgan fingerprint density at radius 1 is 0.455 bits per heavy atom. The molecule has 2 aromatic heterocycles. The number of amides is 2. The topological polar surface area (TPSA) is 66.0 Å². The van der Waals surface area contributed by atoms with E-state index >= 15 is 0 Å². The van der Waals surface area contributed by atoms with Gasteiger partial charge in [-0.05, 0) is 25.7 Å². The number of hydrogen-bond acceptors (Lipinski definition) is 2. The van der Waals surface area contributed by atoms with Gasteiger partial charge in [-0.2, -0.15) is 0 Å². The minimum atomic E-state index is 0.0623. The van der Waals surface area contributed by atoms with Crippen molar-refractivity contribution in [1.29, 1.82) is 0 Å². The largest absolute Gasteiger partial charge is 0.326 e. The average Bonchev–Trinajstić information content (AvgIpc) is 3.03. The van der Waals surface area contributed by atoms with Gasteiger partial charge in [0.2, 0.25) is 11.8 Å². The lowest BCUT2D eigenvalue weighted by atomic mass is 10.1. The van der Waals surface area contributed by atoms with Crippen LogP contribution >= 0.6 is 0 Å². The summed E-state index contributed by atoms with van der Waals surface area (Å²) in [4.78, 5) is 24.7. The second-order valence-electron chi connectivity index (χ2n) is 12.6. The van der Waals surface area contributed by atoms with Gasteiger partial charge in [0, 0.05) is 49.9 Å². The fourth-order valence-electron chi connectivity index (χ4n) is 5.61. The van der Waals surface area contributed by atoms with Crippen molar-refractivity contribution in [3.8, 4) is 0 Å². The zero-order valence-electron chi connectivity index (χ0n) is 28.3. The highest BCUT2D eigenvalue weighted by Gasteiger charge is 2.08. The first kappa shape index (κ1) is 37.4. The van der Waals surface area contributed by atoms with Gasteiger partial charge in [-0.1, -0.05) is 104 Å². The summed E-state index contributed by atoms with van der Waals surface area (Å²) in [5, 5.41) is 6.03. The molecule has 0 fully saturated rings. The van der Waals surface area contributed by atoms with Crippen LogP contribution in [0, 0.1) is 0 Å². The molecule has 0 aliphatic rings. The number of hydrogen-bond donors (Lipinski definition) is 2. The number of carbonyl (C=O) groups excluding carboxylic acids is 2. The predicted octanol–water partition coefficient (Wildman–Crippen LogP) is 9.46. The second-order valence-corrected chi connectivity index (χ2v) is 12.6. The van der Waals surface area contributed by atoms with E-state index in [2.05, 4.69) is 58.4 Å². The SMILES string of the molecule is CCCCCCCCCC[n+]1ccc(NC(=O)CCCCCCC(=O)Nc2cc[n+](CCCCCCCCCC)cc2)cc1. The van der Waals surface area contributed by atoms with Gasteiger partial charge in [-0.15, -0.1) is 0 Å². The van der Waals surface area contributed by atoms with Crippen LogP contribution in [0.15, 0.2) is 49.1 Å². The van der Waals surface area contributed by atoms with Crippen LogP contribution in [0.5, 0.6) is 0 Å². The van der Waals surface area contributed by atoms with Crippen molar-refractivity contribution >= 4 is 23.2 Å². The van der Waals surface area contributed by atoms with Crippen LogP contribution in [0.3, 0.4) is 0 Å². The number of pyridine rings is 2. The molecule has 0 saturated heterocycles. The van der Waals surface area contributed by atoms with Gasteiger partial charge in [-0.3, -0.25) is 9.59 Å². The van der Waals surface area contributed by atoms with Gasteiger partial charge in [0.1, 0.15) is 13.1 Å². The molecule has 2 amide bonds. The third-order valence-electron chi connectivity index (χ3n) is 8.45. The first-order chi connectivity index (χ1) is 21.6. The molecule has 0 saturated carbocycles. The van der Waals surface area contributed by atoms with Crippen LogP contribution in [0.2, 0.25) is 0 Å². The van der Waals surface area contributed by atoms with E-state index in [-0.39, 0.29) is 11.8 Å². The summed E-state index contributed by atoms with van der Waals surface area (Å²) in [6.07, 6.45) is 34.1. The van der Waals surface area contributed by atoms with Gasteiger partial charge in [0.05, 0.1) is 11.4 Å². The van der Waals surface area contributed by atoms with Gasteiger partial charge >= 0.3 is 0 Å². The fourth-order valence-corrected chi connectivity index (χ4v) is 5.61. The van der Waals surface area contributed by atoms with Crippen molar-refractivity contribution in [2.24, 2.45) is 0 Å². The Kier molecular flexibility index (Phi) is 21.7. The Morgan fingerprint density at radius 2 is 0.750 bits per heavy atom. The molecule has 0 aliphatic carbocycles. The third kappa shape index (κ3) is 19.5. The van der Waals surface area contributed by atoms with Crippen LogP contribution in [0.4, 0.5) is 11.4 Å². The summed E-state index contributed by atoms with van der Waals surface area (Å²) in [7, 11) is 0. The van der Waals surface area contributed by atoms with Gasteiger partial charge in [-0.25, -0.2) is 9.13 Å². The maximum Gasteiger partial charge on any atom is 0.224 e. The Balaban J connectivity index is 1.46. The molecule has 0 aliphatic heterocycles. The molecule has 2 rings (SSSR count). The number of aryl methyl sites for hydroxylation is 2. The van der Waals surface area contributed by atoms with E-state index in [1.807, 2.05) is 24.3 Å². The number of carbonyl (C=O) groups is 2. The van der Waals surface area contributed by atoms with Gasteiger partial charge in [0.25, 0.3) is 0 Å². The standard InChI is InChI=1S/C38H62N4O2/c1-3-5-7-9-11-13-17-21-29-41-31-25-35(26-32-41)39-37(43)23-19-15-16-20-24-38(44)40-36-27-33-42(34-28-36)30-22-18-14-12-10-8-6-4-2/h25-28,31-34H,3-24,29-30H2,1-2H3/p+2. The molecule has 0 spiro atoms. The molecular formula is C38H64N4O2+2. The maximum atomic E-state index is 12.4. The van der Waals surface area contributed by atoms with E-state index in [4.69, 9.17) is 0 Å². The Morgan fingerprint density at radius 3 is 1.09 bits per heavy atom. The molecule has 6 heteroatoms. The van der Waals surface area contributed by atoms with E-state index in [0.29, 0.717) is 12.8 Å². The summed E-state index contributed by atoms with van der Waals surface area (Å²) in [5.74, 6) is 0.125. The normalized spacial score (nSPS) is 11.0. The highest BCUT2D eigenvalue weighted by atomic mass is 16.2. The quantitative estimate of drug-likeness (QED) is 0.0784. The number of aromatic nitrogens is 2. The molecule has 0 atom stereocenters. The maximum absolute atomic E-state index is 12.4. The predicted molar refractivity (Wildman–Crippen MR) is 183 cm³/mol. The highest BCUT2D eigenvalue weighted by Crippen LogP contribution is 2.12. The molecule has 6 nitrogen and oxygen atoms in total. The lowest BCUT2D eigenvalue weighted by Gasteiger charge is -2.06. The van der Waals surface area contributed by atoms with Crippen molar-refractivity contribution in [1.82, 2.24) is 0 Å². The molecule has 0 radical (unpaired) electrons. The van der Waals surface area contributed by atoms with E-state index in [1.165, 1.54) is 103 Å². The van der Waals surface area contributed by atoms with E-state index < -0.39 is 0 Å². The number of rotatable bonds is 27. The van der Waals surface area contributed by atoms with E-state index in [0.717, 1.165) is 50.1 Å². The van der Waals surface area contributed by atoms with Crippen LogP contribution in [0.1, 0.15) is 155 Å². The minimum Gasteiger partial charge on any atom is -0.326 e. The summed E-state index contributed by atoms with van der Waals surface area (Å²) in [6.45, 7) is 6.59. The molecule has 2 heterocycles. The minimum absolute atomic E-state index is 0.0623. The molecular weight excluding hydrogens is 544 g/mol. The second kappa shape index (κ2) is 25.6. The Labute approximate surface area is 269 Å². The zero-order valence-corrected chi connectivity index (χ0v) is 28.3. The molecule has 2 aromatic rings. The lowest BCUT2D eigenvalue weighted by molar-refractivity contribution is -0.697. The number of anilines is 2. The van der Waals surface area contributed by atoms with Crippen molar-refractivity contribution in [3.63, 3.8) is 0 Å². The smallest absolute Gasteiger partial charge is 0.224 e. The van der Waals surface area contributed by atoms with Crippen LogP contribution < -0.4 is 19.8 Å². The summed E-state index contributed by atoms with van der Waals surface area (Å²) >= 11 is 0. The number of nitrogens with one attached hydrogen (secondary N) is 2. The first-order valence-electron chi connectivity index (χ1n) is 18.2. The number of unbranched alkanes of at least 4 members (excludes halogenated alkanes) is 17. The molecule has 2 N–H and O–H groups in total. The summed E-state index contributed by atoms with van der Waals surface area (Å²) in [6, 6.07) is 7.96. The van der Waals surface area contributed by atoms with Crippen molar-refractivity contribution in [3.05, 3.63) is 49.1 Å². The zero-order chi connectivity index (χ0) is 31.5. The molecule has 246 valence electrons. The highest BCUT2D eigenvalue weighted by molar-refractivity contribution is 5.91. The summed E-state index contributed by atoms with van der Waals surface area (Å²) < 4.78 is 4.41.